The summed E-state index contributed by atoms with van der Waals surface area (Å²) in [6, 6.07) is 8.10. The smallest absolute Gasteiger partial charge is 0.222 e. The van der Waals surface area contributed by atoms with Gasteiger partial charge in [-0.25, -0.2) is 9.97 Å². The van der Waals surface area contributed by atoms with Gasteiger partial charge in [0.2, 0.25) is 5.95 Å². The maximum Gasteiger partial charge on any atom is 0.222 e. The van der Waals surface area contributed by atoms with Crippen LogP contribution >= 0.6 is 0 Å². The van der Waals surface area contributed by atoms with Crippen LogP contribution in [0.25, 0.3) is 0 Å². The summed E-state index contributed by atoms with van der Waals surface area (Å²) in [5.41, 5.74) is 3.24. The van der Waals surface area contributed by atoms with E-state index in [2.05, 4.69) is 21.4 Å². The van der Waals surface area contributed by atoms with Crippen LogP contribution in [0.4, 0.5) is 5.95 Å². The fourth-order valence-electron chi connectivity index (χ4n) is 2.89. The van der Waals surface area contributed by atoms with Gasteiger partial charge in [-0.05, 0) is 37.5 Å². The number of anilines is 1. The molecule has 1 aliphatic heterocycles. The molecule has 1 aromatic heterocycles. The minimum Gasteiger partial charge on any atom is -0.493 e. The molecular weight excluding hydrogens is 278 g/mol. The molecule has 0 bridgehead atoms. The highest BCUT2D eigenvalue weighted by molar-refractivity contribution is 5.47. The van der Waals surface area contributed by atoms with E-state index < -0.39 is 0 Å². The number of ether oxygens (including phenoxy) is 2. The summed E-state index contributed by atoms with van der Waals surface area (Å²) >= 11 is 0. The number of rotatable bonds is 4. The van der Waals surface area contributed by atoms with Crippen molar-refractivity contribution in [2.24, 2.45) is 5.92 Å². The average molecular weight is 299 g/mol. The Morgan fingerprint density at radius 2 is 2.23 bits per heavy atom. The van der Waals surface area contributed by atoms with Gasteiger partial charge >= 0.3 is 0 Å². The van der Waals surface area contributed by atoms with Gasteiger partial charge in [0.25, 0.3) is 0 Å². The second-order valence-corrected chi connectivity index (χ2v) is 5.61. The summed E-state index contributed by atoms with van der Waals surface area (Å²) in [5, 5.41) is 3.01. The van der Waals surface area contributed by atoms with Crippen molar-refractivity contribution in [3.63, 3.8) is 0 Å². The fourth-order valence-corrected chi connectivity index (χ4v) is 2.89. The lowest BCUT2D eigenvalue weighted by Gasteiger charge is -2.26. The van der Waals surface area contributed by atoms with Gasteiger partial charge in [0.15, 0.2) is 11.5 Å². The van der Waals surface area contributed by atoms with Crippen LogP contribution in [0.3, 0.4) is 0 Å². The number of aryl methyl sites for hydroxylation is 1. The van der Waals surface area contributed by atoms with Crippen molar-refractivity contribution < 1.29 is 9.47 Å². The normalized spacial score (nSPS) is 16.6. The molecule has 0 saturated heterocycles. The van der Waals surface area contributed by atoms with Crippen molar-refractivity contribution in [1.82, 2.24) is 9.97 Å². The molecule has 1 aliphatic rings. The zero-order valence-electron chi connectivity index (χ0n) is 13.2. The molecule has 5 heteroatoms. The number of para-hydroxylation sites is 1. The minimum absolute atomic E-state index is 0.415. The Kier molecular flexibility index (Phi) is 4.13. The molecule has 1 N–H and O–H groups in total. The van der Waals surface area contributed by atoms with Gasteiger partial charge in [0.05, 0.1) is 13.7 Å². The molecule has 3 rings (SSSR count). The van der Waals surface area contributed by atoms with E-state index >= 15 is 0 Å². The summed E-state index contributed by atoms with van der Waals surface area (Å²) in [4.78, 5) is 8.87. The molecule has 0 amide bonds. The molecule has 22 heavy (non-hydrogen) atoms. The summed E-state index contributed by atoms with van der Waals surface area (Å²) in [5.74, 6) is 2.79. The number of methoxy groups -OCH3 is 1. The van der Waals surface area contributed by atoms with Crippen molar-refractivity contribution in [2.45, 2.75) is 19.8 Å². The Bertz CT molecular complexity index is 673. The monoisotopic (exact) mass is 299 g/mol. The van der Waals surface area contributed by atoms with Crippen molar-refractivity contribution >= 4 is 5.95 Å². The number of benzene rings is 1. The lowest BCUT2D eigenvalue weighted by molar-refractivity contribution is 0.210. The van der Waals surface area contributed by atoms with Crippen LogP contribution in [-0.4, -0.2) is 30.7 Å². The van der Waals surface area contributed by atoms with Crippen molar-refractivity contribution in [2.75, 3.05) is 26.1 Å². The lowest BCUT2D eigenvalue weighted by Crippen LogP contribution is -2.23. The van der Waals surface area contributed by atoms with Gasteiger partial charge in [-0.3, -0.25) is 0 Å². The fraction of sp³-hybridized carbons (Fsp3) is 0.412. The summed E-state index contributed by atoms with van der Waals surface area (Å²) in [6.45, 7) is 2.68. The van der Waals surface area contributed by atoms with Gasteiger partial charge in [-0.2, -0.15) is 0 Å². The van der Waals surface area contributed by atoms with E-state index in [-0.39, 0.29) is 0 Å². The van der Waals surface area contributed by atoms with Gasteiger partial charge in [0, 0.05) is 24.4 Å². The average Bonchev–Trinajstić information content (AvgIpc) is 2.53. The molecule has 5 nitrogen and oxygen atoms in total. The van der Waals surface area contributed by atoms with Gasteiger partial charge in [-0.1, -0.05) is 12.1 Å². The van der Waals surface area contributed by atoms with E-state index in [1.807, 2.05) is 32.2 Å². The second-order valence-electron chi connectivity index (χ2n) is 5.61. The van der Waals surface area contributed by atoms with Crippen LogP contribution in [0, 0.1) is 12.8 Å². The number of nitrogens with zero attached hydrogens (tertiary/aromatic N) is 2. The quantitative estimate of drug-likeness (QED) is 0.940. The first-order valence-electron chi connectivity index (χ1n) is 7.50. The molecule has 0 spiro atoms. The van der Waals surface area contributed by atoms with E-state index in [1.165, 1.54) is 5.56 Å². The summed E-state index contributed by atoms with van der Waals surface area (Å²) in [7, 11) is 3.51. The van der Waals surface area contributed by atoms with Crippen molar-refractivity contribution in [3.8, 4) is 11.5 Å². The van der Waals surface area contributed by atoms with Gasteiger partial charge < -0.3 is 14.8 Å². The molecule has 2 heterocycles. The highest BCUT2D eigenvalue weighted by Gasteiger charge is 2.23. The number of aromatic nitrogens is 2. The largest absolute Gasteiger partial charge is 0.493 e. The maximum atomic E-state index is 5.93. The SMILES string of the molecule is CNc1nc(C)cc(C[C@H]2COc3c(cccc3OC)C2)n1. The number of hydrogen-bond acceptors (Lipinski definition) is 5. The molecule has 0 saturated carbocycles. The zero-order valence-corrected chi connectivity index (χ0v) is 13.2. The number of nitrogens with one attached hydrogen (secondary N) is 1. The summed E-state index contributed by atoms with van der Waals surface area (Å²) < 4.78 is 11.3. The maximum absolute atomic E-state index is 5.93. The first-order chi connectivity index (χ1) is 10.7. The van der Waals surface area contributed by atoms with E-state index in [4.69, 9.17) is 9.47 Å². The predicted molar refractivity (Wildman–Crippen MR) is 85.7 cm³/mol. The predicted octanol–water partition coefficient (Wildman–Crippen LogP) is 2.63. The van der Waals surface area contributed by atoms with Crippen LogP contribution in [0.1, 0.15) is 17.0 Å². The highest BCUT2D eigenvalue weighted by Crippen LogP contribution is 2.36. The number of fused-ring (bicyclic) bond motifs is 1. The van der Waals surface area contributed by atoms with E-state index in [1.54, 1.807) is 7.11 Å². The van der Waals surface area contributed by atoms with Crippen molar-refractivity contribution in [1.29, 1.82) is 0 Å². The van der Waals surface area contributed by atoms with E-state index in [9.17, 15) is 0 Å². The Balaban J connectivity index is 1.77. The van der Waals surface area contributed by atoms with Crippen LogP contribution in [0.5, 0.6) is 11.5 Å². The third-order valence-electron chi connectivity index (χ3n) is 3.88. The van der Waals surface area contributed by atoms with Gasteiger partial charge in [-0.15, -0.1) is 0 Å². The molecule has 0 aliphatic carbocycles. The number of hydrogen-bond donors (Lipinski definition) is 1. The summed E-state index contributed by atoms with van der Waals surface area (Å²) in [6.07, 6.45) is 1.86. The molecule has 0 fully saturated rings. The molecule has 0 radical (unpaired) electrons. The van der Waals surface area contributed by atoms with Crippen LogP contribution in [-0.2, 0) is 12.8 Å². The zero-order chi connectivity index (χ0) is 15.5. The van der Waals surface area contributed by atoms with Crippen LogP contribution < -0.4 is 14.8 Å². The molecule has 2 aromatic rings. The Morgan fingerprint density at radius 1 is 1.36 bits per heavy atom. The minimum atomic E-state index is 0.415. The lowest BCUT2D eigenvalue weighted by atomic mass is 9.92. The van der Waals surface area contributed by atoms with E-state index in [0.717, 1.165) is 35.7 Å². The first-order valence-corrected chi connectivity index (χ1v) is 7.50. The Labute approximate surface area is 130 Å². The topological polar surface area (TPSA) is 56.3 Å². The molecular formula is C17H21N3O2. The molecule has 116 valence electrons. The second kappa shape index (κ2) is 6.22. The van der Waals surface area contributed by atoms with Crippen LogP contribution in [0.15, 0.2) is 24.3 Å². The third kappa shape index (κ3) is 2.98. The van der Waals surface area contributed by atoms with Gasteiger partial charge in [0.1, 0.15) is 0 Å². The van der Waals surface area contributed by atoms with Crippen molar-refractivity contribution in [3.05, 3.63) is 41.2 Å². The Morgan fingerprint density at radius 3 is 3.00 bits per heavy atom. The first kappa shape index (κ1) is 14.6. The van der Waals surface area contributed by atoms with Crippen LogP contribution in [0.2, 0.25) is 0 Å². The standard InChI is InChI=1S/C17H21N3O2/c1-11-7-14(20-17(18-2)19-11)9-12-8-13-5-4-6-15(21-3)16(13)22-10-12/h4-7,12H,8-10H2,1-3H3,(H,18,19,20)/t12-/m0/s1. The Hall–Kier alpha value is -2.30. The highest BCUT2D eigenvalue weighted by atomic mass is 16.5. The molecule has 1 atom stereocenters. The molecule has 0 unspecified atom stereocenters. The van der Waals surface area contributed by atoms with E-state index in [0.29, 0.717) is 18.5 Å². The molecule has 1 aromatic carbocycles. The third-order valence-corrected chi connectivity index (χ3v) is 3.88.